The van der Waals surface area contributed by atoms with Crippen LogP contribution in [-0.4, -0.2) is 49.7 Å². The van der Waals surface area contributed by atoms with Crippen LogP contribution >= 0.6 is 0 Å². The Hall–Kier alpha value is -2.14. The van der Waals surface area contributed by atoms with Gasteiger partial charge in [-0.1, -0.05) is 24.3 Å². The predicted molar refractivity (Wildman–Crippen MR) is 92.1 cm³/mol. The lowest BCUT2D eigenvalue weighted by Crippen LogP contribution is -2.40. The first-order valence-electron chi connectivity index (χ1n) is 8.88. The highest BCUT2D eigenvalue weighted by molar-refractivity contribution is 5.94. The second-order valence-electron chi connectivity index (χ2n) is 7.36. The van der Waals surface area contributed by atoms with E-state index in [1.54, 1.807) is 0 Å². The number of rotatable bonds is 3. The Labute approximate surface area is 147 Å². The van der Waals surface area contributed by atoms with Gasteiger partial charge >= 0.3 is 5.97 Å². The number of allylic oxidation sites excluding steroid dienone is 1. The van der Waals surface area contributed by atoms with E-state index in [-0.39, 0.29) is 17.8 Å². The maximum Gasteiger partial charge on any atom is 0.313 e. The molecule has 1 aliphatic carbocycles. The van der Waals surface area contributed by atoms with Gasteiger partial charge < -0.3 is 14.4 Å². The van der Waals surface area contributed by atoms with Gasteiger partial charge in [0.2, 0.25) is 0 Å². The van der Waals surface area contributed by atoms with Crippen LogP contribution in [0.3, 0.4) is 0 Å². The monoisotopic (exact) mass is 341 g/mol. The fraction of sp³-hybridized carbons (Fsp3) is 0.500. The SMILES string of the molecule is C=C1CC2COC(=O)C2(Cc2ccc(C(=O)N3CCOCC3)cc2)C1. The molecule has 1 aromatic carbocycles. The Morgan fingerprint density at radius 3 is 2.68 bits per heavy atom. The van der Waals surface area contributed by atoms with Crippen molar-refractivity contribution < 1.29 is 19.1 Å². The van der Waals surface area contributed by atoms with Crippen LogP contribution in [0.2, 0.25) is 0 Å². The van der Waals surface area contributed by atoms with E-state index in [2.05, 4.69) is 6.58 Å². The number of fused-ring (bicyclic) bond motifs is 1. The number of amides is 1. The van der Waals surface area contributed by atoms with Crippen LogP contribution in [0, 0.1) is 11.3 Å². The maximum absolute atomic E-state index is 12.5. The highest BCUT2D eigenvalue weighted by Crippen LogP contribution is 2.52. The molecule has 2 heterocycles. The Bertz CT molecular complexity index is 705. The zero-order valence-electron chi connectivity index (χ0n) is 14.3. The van der Waals surface area contributed by atoms with Crippen LogP contribution < -0.4 is 0 Å². The number of cyclic esters (lactones) is 1. The van der Waals surface area contributed by atoms with Crippen LogP contribution in [0.5, 0.6) is 0 Å². The van der Waals surface area contributed by atoms with Gasteiger partial charge in [-0.25, -0.2) is 0 Å². The highest BCUT2D eigenvalue weighted by atomic mass is 16.5. The largest absolute Gasteiger partial charge is 0.465 e. The van der Waals surface area contributed by atoms with Crippen molar-refractivity contribution in [3.05, 3.63) is 47.5 Å². The van der Waals surface area contributed by atoms with Gasteiger partial charge in [-0.3, -0.25) is 9.59 Å². The molecule has 5 nitrogen and oxygen atoms in total. The summed E-state index contributed by atoms with van der Waals surface area (Å²) >= 11 is 0. The van der Waals surface area contributed by atoms with Crippen molar-refractivity contribution in [3.8, 4) is 0 Å². The molecule has 2 unspecified atom stereocenters. The fourth-order valence-electron chi connectivity index (χ4n) is 4.34. The van der Waals surface area contributed by atoms with Crippen molar-refractivity contribution in [2.45, 2.75) is 19.3 Å². The van der Waals surface area contributed by atoms with Gasteiger partial charge in [0.1, 0.15) is 0 Å². The zero-order chi connectivity index (χ0) is 17.4. The number of ether oxygens (including phenoxy) is 2. The van der Waals surface area contributed by atoms with Crippen molar-refractivity contribution in [3.63, 3.8) is 0 Å². The number of hydrogen-bond donors (Lipinski definition) is 0. The molecule has 0 radical (unpaired) electrons. The van der Waals surface area contributed by atoms with E-state index in [9.17, 15) is 9.59 Å². The minimum atomic E-state index is -0.452. The number of esters is 1. The minimum Gasteiger partial charge on any atom is -0.465 e. The van der Waals surface area contributed by atoms with Crippen LogP contribution in [0.1, 0.15) is 28.8 Å². The van der Waals surface area contributed by atoms with Gasteiger partial charge in [0.05, 0.1) is 25.2 Å². The molecule has 132 valence electrons. The first kappa shape index (κ1) is 16.3. The number of morpholine rings is 1. The number of carbonyl (C=O) groups excluding carboxylic acids is 2. The van der Waals surface area contributed by atoms with E-state index in [4.69, 9.17) is 9.47 Å². The average molecular weight is 341 g/mol. The summed E-state index contributed by atoms with van der Waals surface area (Å²) in [4.78, 5) is 26.7. The summed E-state index contributed by atoms with van der Waals surface area (Å²) in [5, 5.41) is 0. The van der Waals surface area contributed by atoms with Gasteiger partial charge in [-0.05, 0) is 37.0 Å². The molecular formula is C20H23NO4. The summed E-state index contributed by atoms with van der Waals surface area (Å²) in [6, 6.07) is 7.66. The lowest BCUT2D eigenvalue weighted by molar-refractivity contribution is -0.146. The third kappa shape index (κ3) is 2.86. The molecule has 25 heavy (non-hydrogen) atoms. The second kappa shape index (κ2) is 6.30. The lowest BCUT2D eigenvalue weighted by Gasteiger charge is -2.27. The molecule has 4 rings (SSSR count). The Morgan fingerprint density at radius 1 is 1.24 bits per heavy atom. The van der Waals surface area contributed by atoms with E-state index in [0.29, 0.717) is 51.3 Å². The molecule has 5 heteroatoms. The first-order valence-corrected chi connectivity index (χ1v) is 8.88. The topological polar surface area (TPSA) is 55.8 Å². The molecular weight excluding hydrogens is 318 g/mol. The summed E-state index contributed by atoms with van der Waals surface area (Å²) in [5.41, 5.74) is 2.44. The molecule has 0 bridgehead atoms. The molecule has 2 saturated heterocycles. The molecule has 3 fully saturated rings. The highest BCUT2D eigenvalue weighted by Gasteiger charge is 2.55. The van der Waals surface area contributed by atoms with Crippen molar-refractivity contribution in [2.75, 3.05) is 32.9 Å². The van der Waals surface area contributed by atoms with Crippen molar-refractivity contribution in [2.24, 2.45) is 11.3 Å². The molecule has 1 amide bonds. The number of benzene rings is 1. The normalized spacial score (nSPS) is 28.8. The van der Waals surface area contributed by atoms with Crippen LogP contribution in [0.4, 0.5) is 0 Å². The molecule has 0 aromatic heterocycles. The summed E-state index contributed by atoms with van der Waals surface area (Å²) in [7, 11) is 0. The summed E-state index contributed by atoms with van der Waals surface area (Å²) in [6.07, 6.45) is 2.24. The molecule has 1 aromatic rings. The summed E-state index contributed by atoms with van der Waals surface area (Å²) < 4.78 is 10.6. The molecule has 2 atom stereocenters. The Balaban J connectivity index is 1.50. The van der Waals surface area contributed by atoms with E-state index >= 15 is 0 Å². The zero-order valence-corrected chi connectivity index (χ0v) is 14.3. The summed E-state index contributed by atoms with van der Waals surface area (Å²) in [6.45, 7) is 7.05. The number of nitrogens with zero attached hydrogens (tertiary/aromatic N) is 1. The standard InChI is InChI=1S/C20H23NO4/c1-14-10-17-13-25-19(23)20(17,11-14)12-15-2-4-16(5-3-15)18(22)21-6-8-24-9-7-21/h2-5,17H,1,6-13H2. The van der Waals surface area contributed by atoms with Crippen molar-refractivity contribution in [1.29, 1.82) is 0 Å². The van der Waals surface area contributed by atoms with E-state index < -0.39 is 5.41 Å². The predicted octanol–water partition coefficient (Wildman–Crippen LogP) is 2.21. The lowest BCUT2D eigenvalue weighted by atomic mass is 9.75. The average Bonchev–Trinajstić information content (AvgIpc) is 3.10. The Morgan fingerprint density at radius 2 is 1.96 bits per heavy atom. The molecule has 0 spiro atoms. The van der Waals surface area contributed by atoms with Crippen LogP contribution in [0.15, 0.2) is 36.4 Å². The van der Waals surface area contributed by atoms with Gasteiger partial charge in [0.25, 0.3) is 5.91 Å². The third-order valence-electron chi connectivity index (χ3n) is 5.72. The van der Waals surface area contributed by atoms with Crippen molar-refractivity contribution >= 4 is 11.9 Å². The second-order valence-corrected chi connectivity index (χ2v) is 7.36. The Kier molecular flexibility index (Phi) is 4.12. The molecule has 0 N–H and O–H groups in total. The van der Waals surface area contributed by atoms with E-state index in [1.807, 2.05) is 29.2 Å². The van der Waals surface area contributed by atoms with Crippen molar-refractivity contribution in [1.82, 2.24) is 4.90 Å². The molecule has 2 aliphatic heterocycles. The van der Waals surface area contributed by atoms with Gasteiger partial charge in [0.15, 0.2) is 0 Å². The first-order chi connectivity index (χ1) is 12.1. The van der Waals surface area contributed by atoms with Crippen LogP contribution in [-0.2, 0) is 20.7 Å². The van der Waals surface area contributed by atoms with Gasteiger partial charge in [0, 0.05) is 24.6 Å². The number of carbonyl (C=O) groups is 2. The fourth-order valence-corrected chi connectivity index (χ4v) is 4.34. The molecule has 3 aliphatic rings. The quantitative estimate of drug-likeness (QED) is 0.625. The number of hydrogen-bond acceptors (Lipinski definition) is 4. The van der Waals surface area contributed by atoms with E-state index in [0.717, 1.165) is 17.6 Å². The van der Waals surface area contributed by atoms with E-state index in [1.165, 1.54) is 0 Å². The van der Waals surface area contributed by atoms with Crippen LogP contribution in [0.25, 0.3) is 0 Å². The van der Waals surface area contributed by atoms with Gasteiger partial charge in [-0.2, -0.15) is 0 Å². The maximum atomic E-state index is 12.5. The molecule has 1 saturated carbocycles. The third-order valence-corrected chi connectivity index (χ3v) is 5.72. The minimum absolute atomic E-state index is 0.0420. The smallest absolute Gasteiger partial charge is 0.313 e. The van der Waals surface area contributed by atoms with Gasteiger partial charge in [-0.15, -0.1) is 0 Å². The summed E-state index contributed by atoms with van der Waals surface area (Å²) in [5.74, 6) is 0.187.